The molecule has 6 rings (SSSR count). The summed E-state index contributed by atoms with van der Waals surface area (Å²) in [5.41, 5.74) is 5.82. The highest BCUT2D eigenvalue weighted by atomic mass is 16.5. The summed E-state index contributed by atoms with van der Waals surface area (Å²) in [4.78, 5) is 19.2. The van der Waals surface area contributed by atoms with Gasteiger partial charge >= 0.3 is 0 Å². The molecule has 6 nitrogen and oxygen atoms in total. The summed E-state index contributed by atoms with van der Waals surface area (Å²) in [6.45, 7) is 4.04. The Morgan fingerprint density at radius 3 is 3.00 bits per heavy atom. The number of hydrogen-bond acceptors (Lipinski definition) is 5. The van der Waals surface area contributed by atoms with Crippen LogP contribution in [0.25, 0.3) is 0 Å². The average Bonchev–Trinajstić information content (AvgIpc) is 3.39. The Bertz CT molecular complexity index is 1040. The van der Waals surface area contributed by atoms with Crippen molar-refractivity contribution in [3.63, 3.8) is 0 Å². The number of aliphatic hydroxyl groups excluding tert-OH is 1. The third kappa shape index (κ3) is 2.96. The van der Waals surface area contributed by atoms with Gasteiger partial charge in [-0.3, -0.25) is 4.79 Å². The number of nitrogens with zero attached hydrogens (tertiary/aromatic N) is 3. The first-order chi connectivity index (χ1) is 15.1. The first-order valence-corrected chi connectivity index (χ1v) is 11.4. The lowest BCUT2D eigenvalue weighted by molar-refractivity contribution is -0.117. The molecule has 0 bridgehead atoms. The number of amides is 1. The number of benzene rings is 2. The number of ether oxygens (including phenoxy) is 1. The lowest BCUT2D eigenvalue weighted by Crippen LogP contribution is -2.51. The smallest absolute Gasteiger partial charge is 0.246 e. The largest absolute Gasteiger partial charge is 0.493 e. The molecule has 4 aliphatic heterocycles. The summed E-state index contributed by atoms with van der Waals surface area (Å²) in [6, 6.07) is 12.9. The van der Waals surface area contributed by atoms with Gasteiger partial charge in [-0.2, -0.15) is 0 Å². The average molecular weight is 420 g/mol. The van der Waals surface area contributed by atoms with E-state index >= 15 is 0 Å². The molecule has 1 unspecified atom stereocenters. The Kier molecular flexibility index (Phi) is 4.47. The quantitative estimate of drug-likeness (QED) is 0.826. The molecule has 0 spiro atoms. The maximum atomic E-state index is 12.5. The molecule has 31 heavy (non-hydrogen) atoms. The normalized spacial score (nSPS) is 25.2. The zero-order chi connectivity index (χ0) is 21.1. The molecule has 3 atom stereocenters. The SMILES string of the molecule is CN1C(=O)CN2c3c(cccc31)[C@@H]1CN(CCC(O)c3cccc4c3OCC4)CC[C@@H]12. The molecule has 1 amide bonds. The minimum atomic E-state index is -0.502. The minimum Gasteiger partial charge on any atom is -0.493 e. The van der Waals surface area contributed by atoms with E-state index in [1.807, 2.05) is 19.2 Å². The molecule has 0 aliphatic carbocycles. The number of rotatable bonds is 4. The summed E-state index contributed by atoms with van der Waals surface area (Å²) in [5, 5.41) is 10.9. The van der Waals surface area contributed by atoms with Gasteiger partial charge in [0.2, 0.25) is 5.91 Å². The molecule has 6 heteroatoms. The summed E-state index contributed by atoms with van der Waals surface area (Å²) < 4.78 is 5.79. The van der Waals surface area contributed by atoms with Gasteiger partial charge in [0.25, 0.3) is 0 Å². The topological polar surface area (TPSA) is 56.3 Å². The van der Waals surface area contributed by atoms with Crippen molar-refractivity contribution in [2.75, 3.05) is 49.6 Å². The minimum absolute atomic E-state index is 0.175. The van der Waals surface area contributed by atoms with E-state index in [9.17, 15) is 9.90 Å². The number of likely N-dealkylation sites (tertiary alicyclic amines) is 1. The molecule has 4 heterocycles. The highest BCUT2D eigenvalue weighted by Gasteiger charge is 2.46. The van der Waals surface area contributed by atoms with Crippen molar-refractivity contribution in [1.82, 2.24) is 4.90 Å². The van der Waals surface area contributed by atoms with Gasteiger partial charge < -0.3 is 24.5 Å². The van der Waals surface area contributed by atoms with Crippen molar-refractivity contribution in [2.24, 2.45) is 0 Å². The number of fused-ring (bicyclic) bond motifs is 4. The first-order valence-electron chi connectivity index (χ1n) is 11.4. The second-order valence-electron chi connectivity index (χ2n) is 9.30. The van der Waals surface area contributed by atoms with Crippen molar-refractivity contribution in [1.29, 1.82) is 0 Å². The summed E-state index contributed by atoms with van der Waals surface area (Å²) >= 11 is 0. The summed E-state index contributed by atoms with van der Waals surface area (Å²) in [5.74, 6) is 1.49. The molecule has 162 valence electrons. The molecule has 2 aromatic rings. The third-order valence-corrected chi connectivity index (χ3v) is 7.66. The highest BCUT2D eigenvalue weighted by Crippen LogP contribution is 2.50. The van der Waals surface area contributed by atoms with Crippen LogP contribution in [-0.2, 0) is 11.2 Å². The van der Waals surface area contributed by atoms with E-state index in [-0.39, 0.29) is 5.91 Å². The zero-order valence-electron chi connectivity index (χ0n) is 18.0. The molecule has 0 saturated carbocycles. The molecular formula is C25H29N3O3. The van der Waals surface area contributed by atoms with Gasteiger partial charge in [-0.25, -0.2) is 0 Å². The second kappa shape index (κ2) is 7.24. The van der Waals surface area contributed by atoms with Gasteiger partial charge in [-0.1, -0.05) is 30.3 Å². The van der Waals surface area contributed by atoms with Gasteiger partial charge in [-0.15, -0.1) is 0 Å². The Morgan fingerprint density at radius 2 is 2.10 bits per heavy atom. The number of aliphatic hydroxyl groups is 1. The van der Waals surface area contributed by atoms with Crippen LogP contribution in [0.3, 0.4) is 0 Å². The number of para-hydroxylation sites is 2. The van der Waals surface area contributed by atoms with Crippen LogP contribution in [0, 0.1) is 0 Å². The molecule has 1 saturated heterocycles. The van der Waals surface area contributed by atoms with Crippen molar-refractivity contribution >= 4 is 17.3 Å². The van der Waals surface area contributed by atoms with Crippen LogP contribution in [0.15, 0.2) is 36.4 Å². The molecule has 1 N–H and O–H groups in total. The standard InChI is InChI=1S/C25H29N3O3/c1-26-21-7-3-5-17-19-14-27(11-8-20(19)28(24(17)21)15-23(26)30)12-9-22(29)18-6-2-4-16-10-13-31-25(16)18/h2-7,19-20,22,29H,8-15H2,1H3/t19-,20-,22?/m0/s1. The summed E-state index contributed by atoms with van der Waals surface area (Å²) in [7, 11) is 1.88. The first kappa shape index (κ1) is 19.1. The fourth-order valence-corrected chi connectivity index (χ4v) is 6.03. The number of piperidine rings is 1. The number of carbonyl (C=O) groups is 1. The molecular weight excluding hydrogens is 390 g/mol. The monoisotopic (exact) mass is 419 g/mol. The van der Waals surface area contributed by atoms with E-state index in [1.54, 1.807) is 4.90 Å². The van der Waals surface area contributed by atoms with Gasteiger partial charge in [0, 0.05) is 50.6 Å². The highest BCUT2D eigenvalue weighted by molar-refractivity contribution is 6.04. The van der Waals surface area contributed by atoms with Crippen LogP contribution < -0.4 is 14.5 Å². The van der Waals surface area contributed by atoms with Crippen LogP contribution in [0.5, 0.6) is 5.75 Å². The molecule has 0 radical (unpaired) electrons. The number of anilines is 2. The Morgan fingerprint density at radius 1 is 1.23 bits per heavy atom. The fourth-order valence-electron chi connectivity index (χ4n) is 6.03. The Balaban J connectivity index is 1.17. The van der Waals surface area contributed by atoms with Crippen LogP contribution in [0.4, 0.5) is 11.4 Å². The molecule has 1 fully saturated rings. The van der Waals surface area contributed by atoms with Gasteiger partial charge in [0.1, 0.15) is 5.75 Å². The molecule has 0 aromatic heterocycles. The van der Waals surface area contributed by atoms with Crippen LogP contribution in [0.2, 0.25) is 0 Å². The number of hydrogen-bond donors (Lipinski definition) is 1. The van der Waals surface area contributed by atoms with Gasteiger partial charge in [0.05, 0.1) is 30.6 Å². The van der Waals surface area contributed by atoms with Crippen molar-refractivity contribution < 1.29 is 14.6 Å². The van der Waals surface area contributed by atoms with E-state index in [1.165, 1.54) is 16.8 Å². The van der Waals surface area contributed by atoms with E-state index in [0.29, 0.717) is 31.5 Å². The number of likely N-dealkylation sites (N-methyl/N-ethyl adjacent to an activating group) is 1. The Hall–Kier alpha value is -2.57. The second-order valence-corrected chi connectivity index (χ2v) is 9.30. The van der Waals surface area contributed by atoms with E-state index in [0.717, 1.165) is 49.5 Å². The number of carbonyl (C=O) groups excluding carboxylic acids is 1. The fraction of sp³-hybridized carbons (Fsp3) is 0.480. The molecule has 2 aromatic carbocycles. The van der Waals surface area contributed by atoms with Crippen LogP contribution >= 0.6 is 0 Å². The predicted molar refractivity (Wildman–Crippen MR) is 120 cm³/mol. The van der Waals surface area contributed by atoms with E-state index in [4.69, 9.17) is 4.74 Å². The molecule has 4 aliphatic rings. The van der Waals surface area contributed by atoms with Gasteiger partial charge in [-0.05, 0) is 30.0 Å². The lowest BCUT2D eigenvalue weighted by Gasteiger charge is -2.41. The van der Waals surface area contributed by atoms with Gasteiger partial charge in [0.15, 0.2) is 0 Å². The Labute approximate surface area is 183 Å². The van der Waals surface area contributed by atoms with E-state index in [2.05, 4.69) is 34.1 Å². The van der Waals surface area contributed by atoms with Crippen molar-refractivity contribution in [3.05, 3.63) is 53.1 Å². The van der Waals surface area contributed by atoms with Crippen molar-refractivity contribution in [2.45, 2.75) is 37.3 Å². The zero-order valence-corrected chi connectivity index (χ0v) is 18.0. The summed E-state index contributed by atoms with van der Waals surface area (Å²) in [6.07, 6.45) is 2.18. The maximum absolute atomic E-state index is 12.5. The lowest BCUT2D eigenvalue weighted by atomic mass is 9.88. The maximum Gasteiger partial charge on any atom is 0.246 e. The van der Waals surface area contributed by atoms with E-state index < -0.39 is 6.10 Å². The van der Waals surface area contributed by atoms with Crippen LogP contribution in [0.1, 0.15) is 41.6 Å². The van der Waals surface area contributed by atoms with Crippen LogP contribution in [-0.4, -0.2) is 61.8 Å². The predicted octanol–water partition coefficient (Wildman–Crippen LogP) is 2.70. The third-order valence-electron chi connectivity index (χ3n) is 7.66. The van der Waals surface area contributed by atoms with Crippen molar-refractivity contribution in [3.8, 4) is 5.75 Å².